The van der Waals surface area contributed by atoms with Gasteiger partial charge < -0.3 is 20.9 Å². The van der Waals surface area contributed by atoms with Crippen LogP contribution >= 0.6 is 15.9 Å². The molecular weight excluding hydrogens is 346 g/mol. The Balaban J connectivity index is 2.07. The molecule has 6 nitrogen and oxygen atoms in total. The second kappa shape index (κ2) is 5.89. The van der Waals surface area contributed by atoms with Gasteiger partial charge in [0.15, 0.2) is 0 Å². The van der Waals surface area contributed by atoms with Crippen molar-refractivity contribution in [3.63, 3.8) is 0 Å². The average molecular weight is 366 g/mol. The van der Waals surface area contributed by atoms with Crippen LogP contribution in [0.15, 0.2) is 16.9 Å². The Morgan fingerprint density at radius 3 is 3.00 bits per heavy atom. The van der Waals surface area contributed by atoms with E-state index in [1.807, 2.05) is 13.8 Å². The zero-order valence-corrected chi connectivity index (χ0v) is 14.3. The third-order valence-corrected chi connectivity index (χ3v) is 4.53. The monoisotopic (exact) mass is 365 g/mol. The molecule has 1 amide bonds. The van der Waals surface area contributed by atoms with Crippen molar-refractivity contribution in [1.82, 2.24) is 9.97 Å². The van der Waals surface area contributed by atoms with Crippen LogP contribution in [0.5, 0.6) is 0 Å². The number of nitrogens with two attached hydrogens (primary N) is 1. The molecule has 0 aromatic carbocycles. The maximum atomic E-state index is 12.0. The van der Waals surface area contributed by atoms with E-state index < -0.39 is 0 Å². The van der Waals surface area contributed by atoms with Crippen molar-refractivity contribution in [2.24, 2.45) is 11.7 Å². The Labute approximate surface area is 137 Å². The molecule has 2 aromatic heterocycles. The lowest BCUT2D eigenvalue weighted by atomic mass is 10.2. The third-order valence-electron chi connectivity index (χ3n) is 3.95. The van der Waals surface area contributed by atoms with Gasteiger partial charge in [-0.15, -0.1) is 0 Å². The molecule has 7 heteroatoms. The molecule has 1 aliphatic heterocycles. The molecule has 22 heavy (non-hydrogen) atoms. The summed E-state index contributed by atoms with van der Waals surface area (Å²) in [5.41, 5.74) is 8.60. The molecular formula is C15H20BrN5O. The van der Waals surface area contributed by atoms with E-state index >= 15 is 0 Å². The quantitative estimate of drug-likeness (QED) is 0.779. The first-order valence-corrected chi connectivity index (χ1v) is 8.23. The molecule has 1 saturated heterocycles. The number of hydrogen-bond donors (Lipinski definition) is 3. The molecule has 1 fully saturated rings. The number of halogens is 1. The van der Waals surface area contributed by atoms with Crippen molar-refractivity contribution in [2.45, 2.75) is 26.3 Å². The van der Waals surface area contributed by atoms with Gasteiger partial charge in [0.05, 0.1) is 21.2 Å². The van der Waals surface area contributed by atoms with E-state index in [4.69, 9.17) is 5.73 Å². The zero-order valence-electron chi connectivity index (χ0n) is 12.7. The van der Waals surface area contributed by atoms with E-state index in [1.54, 1.807) is 12.4 Å². The van der Waals surface area contributed by atoms with Crippen LogP contribution in [0.2, 0.25) is 0 Å². The molecule has 118 valence electrons. The second-order valence-electron chi connectivity index (χ2n) is 6.02. The number of aromatic nitrogens is 2. The number of rotatable bonds is 3. The highest BCUT2D eigenvalue weighted by Gasteiger charge is 2.25. The molecule has 3 rings (SSSR count). The summed E-state index contributed by atoms with van der Waals surface area (Å²) >= 11 is 3.59. The lowest BCUT2D eigenvalue weighted by Gasteiger charge is -2.21. The van der Waals surface area contributed by atoms with Crippen LogP contribution in [0.4, 0.5) is 11.4 Å². The maximum absolute atomic E-state index is 12.0. The average Bonchev–Trinajstić information content (AvgIpc) is 3.06. The topological polar surface area (TPSA) is 87.0 Å². The number of anilines is 2. The van der Waals surface area contributed by atoms with Gasteiger partial charge in [0.2, 0.25) is 5.91 Å². The number of carbonyl (C=O) groups is 1. The molecule has 3 heterocycles. The van der Waals surface area contributed by atoms with E-state index in [2.05, 4.69) is 36.1 Å². The van der Waals surface area contributed by atoms with Crippen molar-refractivity contribution in [1.29, 1.82) is 0 Å². The zero-order chi connectivity index (χ0) is 15.9. The van der Waals surface area contributed by atoms with Crippen LogP contribution in [-0.4, -0.2) is 35.0 Å². The minimum Gasteiger partial charge on any atom is -0.368 e. The van der Waals surface area contributed by atoms with Crippen LogP contribution in [0, 0.1) is 5.92 Å². The number of pyridine rings is 1. The Hall–Kier alpha value is -1.60. The van der Waals surface area contributed by atoms with E-state index in [0.717, 1.165) is 46.4 Å². The van der Waals surface area contributed by atoms with Gasteiger partial charge in [0.1, 0.15) is 5.65 Å². The fourth-order valence-corrected chi connectivity index (χ4v) is 3.28. The number of hydrogen-bond acceptors (Lipinski definition) is 4. The third kappa shape index (κ3) is 2.70. The Morgan fingerprint density at radius 2 is 2.36 bits per heavy atom. The molecule has 0 spiro atoms. The first kappa shape index (κ1) is 15.3. The summed E-state index contributed by atoms with van der Waals surface area (Å²) in [6.07, 6.45) is 4.55. The summed E-state index contributed by atoms with van der Waals surface area (Å²) in [7, 11) is 0. The van der Waals surface area contributed by atoms with Crippen LogP contribution < -0.4 is 16.0 Å². The van der Waals surface area contributed by atoms with Crippen molar-refractivity contribution in [3.8, 4) is 0 Å². The molecule has 0 unspecified atom stereocenters. The molecule has 2 aromatic rings. The summed E-state index contributed by atoms with van der Waals surface area (Å²) in [6.45, 7) is 5.46. The summed E-state index contributed by atoms with van der Waals surface area (Å²) in [5, 5.41) is 3.91. The lowest BCUT2D eigenvalue weighted by Crippen LogP contribution is -2.26. The number of nitrogens with zero attached hydrogens (tertiary/aromatic N) is 2. The van der Waals surface area contributed by atoms with Gasteiger partial charge >= 0.3 is 0 Å². The summed E-state index contributed by atoms with van der Waals surface area (Å²) in [5.74, 6) is -0.0846. The van der Waals surface area contributed by atoms with Crippen molar-refractivity contribution < 1.29 is 4.79 Å². The van der Waals surface area contributed by atoms with Gasteiger partial charge in [-0.05, 0) is 22.4 Å². The summed E-state index contributed by atoms with van der Waals surface area (Å²) in [4.78, 5) is 21.8. The Kier molecular flexibility index (Phi) is 4.10. The van der Waals surface area contributed by atoms with Crippen molar-refractivity contribution in [2.75, 3.05) is 23.3 Å². The highest BCUT2D eigenvalue weighted by Crippen LogP contribution is 2.39. The summed E-state index contributed by atoms with van der Waals surface area (Å²) < 4.78 is 0.911. The van der Waals surface area contributed by atoms with Gasteiger partial charge in [-0.25, -0.2) is 4.98 Å². The second-order valence-corrected chi connectivity index (χ2v) is 6.87. The first-order chi connectivity index (χ1) is 10.5. The van der Waals surface area contributed by atoms with E-state index in [0.29, 0.717) is 0 Å². The van der Waals surface area contributed by atoms with Crippen LogP contribution in [-0.2, 0) is 4.79 Å². The van der Waals surface area contributed by atoms with Crippen LogP contribution in [0.25, 0.3) is 11.0 Å². The SMILES string of the molecule is CC(C)C(=O)Nc1c[nH]c2ncc(Br)c(N3CC[C@H](N)C3)c12. The lowest BCUT2D eigenvalue weighted by molar-refractivity contribution is -0.118. The van der Waals surface area contributed by atoms with E-state index in [9.17, 15) is 4.79 Å². The van der Waals surface area contributed by atoms with Gasteiger partial charge in [0.25, 0.3) is 0 Å². The predicted octanol–water partition coefficient (Wildman–Crippen LogP) is 2.46. The molecule has 1 aliphatic rings. The fraction of sp³-hybridized carbons (Fsp3) is 0.467. The van der Waals surface area contributed by atoms with Crippen molar-refractivity contribution >= 4 is 44.2 Å². The maximum Gasteiger partial charge on any atom is 0.226 e. The number of amides is 1. The standard InChI is InChI=1S/C15H20BrN5O/c1-8(2)15(22)20-11-6-19-14-12(11)13(10(16)5-18-14)21-4-3-9(17)7-21/h5-6,8-9H,3-4,7,17H2,1-2H3,(H,18,19)(H,20,22)/t9-/m0/s1. The van der Waals surface area contributed by atoms with Crippen LogP contribution in [0.3, 0.4) is 0 Å². The van der Waals surface area contributed by atoms with E-state index in [1.165, 1.54) is 0 Å². The molecule has 0 bridgehead atoms. The smallest absolute Gasteiger partial charge is 0.226 e. The van der Waals surface area contributed by atoms with Crippen LogP contribution in [0.1, 0.15) is 20.3 Å². The van der Waals surface area contributed by atoms with Gasteiger partial charge in [-0.3, -0.25) is 4.79 Å². The highest BCUT2D eigenvalue weighted by atomic mass is 79.9. The van der Waals surface area contributed by atoms with Gasteiger partial charge in [0, 0.05) is 37.4 Å². The predicted molar refractivity (Wildman–Crippen MR) is 92.1 cm³/mol. The largest absolute Gasteiger partial charge is 0.368 e. The van der Waals surface area contributed by atoms with E-state index in [-0.39, 0.29) is 17.9 Å². The van der Waals surface area contributed by atoms with Gasteiger partial charge in [-0.2, -0.15) is 0 Å². The molecule has 4 N–H and O–H groups in total. The highest BCUT2D eigenvalue weighted by molar-refractivity contribution is 9.10. The minimum atomic E-state index is -0.0753. The Morgan fingerprint density at radius 1 is 1.59 bits per heavy atom. The number of carbonyl (C=O) groups excluding carboxylic acids is 1. The number of H-pyrrole nitrogens is 1. The number of nitrogens with one attached hydrogen (secondary N) is 2. The number of aromatic amines is 1. The fourth-order valence-electron chi connectivity index (χ4n) is 2.73. The molecule has 1 atom stereocenters. The summed E-state index contributed by atoms with van der Waals surface area (Å²) in [6, 6.07) is 0.183. The van der Waals surface area contributed by atoms with Crippen molar-refractivity contribution in [3.05, 3.63) is 16.9 Å². The minimum absolute atomic E-state index is 0.00931. The normalized spacial score (nSPS) is 18.4. The first-order valence-electron chi connectivity index (χ1n) is 7.44. The molecule has 0 aliphatic carbocycles. The Bertz CT molecular complexity index is 711. The van der Waals surface area contributed by atoms with Gasteiger partial charge in [-0.1, -0.05) is 13.8 Å². The molecule has 0 radical (unpaired) electrons. The number of fused-ring (bicyclic) bond motifs is 1. The molecule has 0 saturated carbocycles.